The minimum Gasteiger partial charge on any atom is -0.495 e. The second-order valence-electron chi connectivity index (χ2n) is 7.94. The van der Waals surface area contributed by atoms with E-state index in [-0.39, 0.29) is 23.7 Å². The molecule has 0 bridgehead atoms. The number of H-pyrrole nitrogens is 1. The average Bonchev–Trinajstić information content (AvgIpc) is 2.83. The van der Waals surface area contributed by atoms with Crippen LogP contribution >= 0.6 is 12.4 Å². The average molecular weight is 509 g/mol. The zero-order chi connectivity index (χ0) is 23.3. The summed E-state index contributed by atoms with van der Waals surface area (Å²) in [4.78, 5) is 14.4. The number of nitrogens with one attached hydrogen (secondary N) is 2. The highest BCUT2D eigenvalue weighted by Gasteiger charge is 2.17. The molecule has 3 aromatic rings. The molecule has 0 unspecified atom stereocenters. The summed E-state index contributed by atoms with van der Waals surface area (Å²) in [5, 5.41) is 7.92. The molecule has 0 amide bonds. The van der Waals surface area contributed by atoms with Gasteiger partial charge >= 0.3 is 0 Å². The van der Waals surface area contributed by atoms with Crippen LogP contribution in [0.2, 0.25) is 0 Å². The highest BCUT2D eigenvalue weighted by atomic mass is 35.5. The van der Waals surface area contributed by atoms with E-state index in [1.807, 2.05) is 12.1 Å². The Kier molecular flexibility index (Phi) is 8.90. The Morgan fingerprint density at radius 1 is 1.12 bits per heavy atom. The number of sulfonamides is 1. The van der Waals surface area contributed by atoms with Crippen LogP contribution in [0, 0.1) is 0 Å². The van der Waals surface area contributed by atoms with Gasteiger partial charge in [0.1, 0.15) is 5.75 Å². The van der Waals surface area contributed by atoms with Gasteiger partial charge in [-0.1, -0.05) is 18.2 Å². The van der Waals surface area contributed by atoms with Gasteiger partial charge in [0.15, 0.2) is 0 Å². The number of benzene rings is 2. The van der Waals surface area contributed by atoms with E-state index in [1.54, 1.807) is 30.3 Å². The first-order chi connectivity index (χ1) is 16.0. The first-order valence-corrected chi connectivity index (χ1v) is 12.6. The summed E-state index contributed by atoms with van der Waals surface area (Å²) in [6.45, 7) is 4.11. The standard InChI is InChI=1S/C23H28N4O5S.ClH/c1-31-21-9-8-17(22-18-6-2-3-7-19(18)23(28)25-24-22)16-20(21)26-33(29,30)15-5-4-10-27-11-13-32-14-12-27;/h2-3,6-9,16,26H,4-5,10-15H2,1H3,(H,25,28);1H. The summed E-state index contributed by atoms with van der Waals surface area (Å²) in [7, 11) is -2.08. The molecule has 11 heteroatoms. The Bertz CT molecular complexity index is 1280. The van der Waals surface area contributed by atoms with Gasteiger partial charge in [0, 0.05) is 24.0 Å². The van der Waals surface area contributed by atoms with Crippen molar-refractivity contribution in [2.24, 2.45) is 0 Å². The van der Waals surface area contributed by atoms with E-state index in [0.717, 1.165) is 39.3 Å². The van der Waals surface area contributed by atoms with Gasteiger partial charge in [-0.15, -0.1) is 12.4 Å². The number of aromatic amines is 1. The molecule has 0 radical (unpaired) electrons. The third kappa shape index (κ3) is 6.26. The van der Waals surface area contributed by atoms with E-state index in [0.29, 0.717) is 39.9 Å². The van der Waals surface area contributed by atoms with E-state index in [2.05, 4.69) is 19.8 Å². The Hall–Kier alpha value is -2.66. The van der Waals surface area contributed by atoms with Gasteiger partial charge in [-0.05, 0) is 43.7 Å². The fraction of sp³-hybridized carbons (Fsp3) is 0.391. The second kappa shape index (κ2) is 11.7. The first kappa shape index (κ1) is 26.0. The summed E-state index contributed by atoms with van der Waals surface area (Å²) < 4.78 is 38.9. The van der Waals surface area contributed by atoms with Gasteiger partial charge in [-0.2, -0.15) is 5.10 Å². The molecule has 184 valence electrons. The summed E-state index contributed by atoms with van der Waals surface area (Å²) >= 11 is 0. The number of aromatic nitrogens is 2. The van der Waals surface area contributed by atoms with Crippen molar-refractivity contribution in [2.75, 3.05) is 50.4 Å². The molecule has 1 aromatic heterocycles. The van der Waals surface area contributed by atoms with E-state index >= 15 is 0 Å². The molecule has 0 saturated carbocycles. The molecular formula is C23H29ClN4O5S. The number of nitrogens with zero attached hydrogens (tertiary/aromatic N) is 2. The van der Waals surface area contributed by atoms with Crippen molar-refractivity contribution < 1.29 is 17.9 Å². The maximum Gasteiger partial charge on any atom is 0.272 e. The Balaban J connectivity index is 0.00000324. The highest BCUT2D eigenvalue weighted by Crippen LogP contribution is 2.32. The fourth-order valence-corrected chi connectivity index (χ4v) is 5.12. The van der Waals surface area contributed by atoms with Crippen molar-refractivity contribution in [3.63, 3.8) is 0 Å². The van der Waals surface area contributed by atoms with Gasteiger partial charge in [0.2, 0.25) is 10.0 Å². The normalized spacial score (nSPS) is 14.5. The number of morpholine rings is 1. The van der Waals surface area contributed by atoms with Gasteiger partial charge in [-0.3, -0.25) is 14.4 Å². The molecule has 9 nitrogen and oxygen atoms in total. The van der Waals surface area contributed by atoms with Crippen molar-refractivity contribution >= 4 is 38.9 Å². The monoisotopic (exact) mass is 508 g/mol. The lowest BCUT2D eigenvalue weighted by atomic mass is 10.0. The van der Waals surface area contributed by atoms with Crippen molar-refractivity contribution in [1.29, 1.82) is 0 Å². The molecule has 34 heavy (non-hydrogen) atoms. The summed E-state index contributed by atoms with van der Waals surface area (Å²) in [5.41, 5.74) is 1.27. The summed E-state index contributed by atoms with van der Waals surface area (Å²) in [6, 6.07) is 12.3. The van der Waals surface area contributed by atoms with E-state index in [1.165, 1.54) is 7.11 Å². The zero-order valence-electron chi connectivity index (χ0n) is 19.0. The number of anilines is 1. The van der Waals surface area contributed by atoms with Crippen LogP contribution in [-0.2, 0) is 14.8 Å². The van der Waals surface area contributed by atoms with Crippen LogP contribution in [0.5, 0.6) is 5.75 Å². The van der Waals surface area contributed by atoms with Gasteiger partial charge in [0.05, 0.1) is 42.8 Å². The summed E-state index contributed by atoms with van der Waals surface area (Å²) in [5.74, 6) is 0.425. The lowest BCUT2D eigenvalue weighted by Gasteiger charge is -2.26. The number of halogens is 1. The number of hydrogen-bond acceptors (Lipinski definition) is 7. The van der Waals surface area contributed by atoms with E-state index in [4.69, 9.17) is 9.47 Å². The fourth-order valence-electron chi connectivity index (χ4n) is 3.94. The lowest BCUT2D eigenvalue weighted by molar-refractivity contribution is 0.0373. The second-order valence-corrected chi connectivity index (χ2v) is 9.79. The van der Waals surface area contributed by atoms with Crippen molar-refractivity contribution in [1.82, 2.24) is 15.1 Å². The number of methoxy groups -OCH3 is 1. The van der Waals surface area contributed by atoms with Gasteiger partial charge in [0.25, 0.3) is 5.56 Å². The predicted octanol–water partition coefficient (Wildman–Crippen LogP) is 2.87. The summed E-state index contributed by atoms with van der Waals surface area (Å²) in [6.07, 6.45) is 1.35. The molecule has 0 aliphatic carbocycles. The zero-order valence-corrected chi connectivity index (χ0v) is 20.6. The molecule has 2 aromatic carbocycles. The van der Waals surface area contributed by atoms with Crippen LogP contribution in [0.1, 0.15) is 12.8 Å². The van der Waals surface area contributed by atoms with E-state index in [9.17, 15) is 13.2 Å². The number of unbranched alkanes of at least 4 members (excludes halogenated alkanes) is 1. The third-order valence-corrected chi connectivity index (χ3v) is 7.03. The van der Waals surface area contributed by atoms with Crippen LogP contribution in [0.25, 0.3) is 22.0 Å². The smallest absolute Gasteiger partial charge is 0.272 e. The molecular weight excluding hydrogens is 480 g/mol. The van der Waals surface area contributed by atoms with Crippen LogP contribution in [0.4, 0.5) is 5.69 Å². The molecule has 0 spiro atoms. The SMILES string of the molecule is COc1ccc(-c2n[nH]c(=O)c3ccccc23)cc1NS(=O)(=O)CCCCN1CCOCC1.Cl. The molecule has 1 fully saturated rings. The number of rotatable bonds is 9. The topological polar surface area (TPSA) is 114 Å². The molecule has 2 N–H and O–H groups in total. The highest BCUT2D eigenvalue weighted by molar-refractivity contribution is 7.92. The maximum atomic E-state index is 12.8. The van der Waals surface area contributed by atoms with Crippen molar-refractivity contribution in [3.8, 4) is 17.0 Å². The van der Waals surface area contributed by atoms with Crippen molar-refractivity contribution in [2.45, 2.75) is 12.8 Å². The lowest BCUT2D eigenvalue weighted by Crippen LogP contribution is -2.37. The van der Waals surface area contributed by atoms with Crippen LogP contribution < -0.4 is 15.0 Å². The predicted molar refractivity (Wildman–Crippen MR) is 136 cm³/mol. The Morgan fingerprint density at radius 2 is 1.85 bits per heavy atom. The largest absolute Gasteiger partial charge is 0.495 e. The molecule has 2 heterocycles. The van der Waals surface area contributed by atoms with Crippen LogP contribution in [0.15, 0.2) is 47.3 Å². The molecule has 0 atom stereocenters. The van der Waals surface area contributed by atoms with Crippen LogP contribution in [-0.4, -0.2) is 69.2 Å². The van der Waals surface area contributed by atoms with Crippen molar-refractivity contribution in [3.05, 3.63) is 52.8 Å². The Morgan fingerprint density at radius 3 is 2.59 bits per heavy atom. The quantitative estimate of drug-likeness (QED) is 0.427. The van der Waals surface area contributed by atoms with Gasteiger partial charge in [-0.25, -0.2) is 13.5 Å². The molecule has 1 saturated heterocycles. The number of hydrogen-bond donors (Lipinski definition) is 2. The first-order valence-electron chi connectivity index (χ1n) is 10.9. The molecule has 1 aliphatic heterocycles. The molecule has 4 rings (SSSR count). The minimum atomic E-state index is -3.57. The van der Waals surface area contributed by atoms with Crippen LogP contribution in [0.3, 0.4) is 0 Å². The number of fused-ring (bicyclic) bond motifs is 1. The third-order valence-electron chi connectivity index (χ3n) is 5.68. The Labute approximate surface area is 204 Å². The van der Waals surface area contributed by atoms with E-state index < -0.39 is 10.0 Å². The minimum absolute atomic E-state index is 0. The maximum absolute atomic E-state index is 12.8. The number of ether oxygens (including phenoxy) is 2. The molecule has 1 aliphatic rings. The van der Waals surface area contributed by atoms with Gasteiger partial charge < -0.3 is 9.47 Å².